The Labute approximate surface area is 61.6 Å². The van der Waals surface area contributed by atoms with Crippen molar-refractivity contribution in [2.45, 2.75) is 24.2 Å². The predicted molar refractivity (Wildman–Crippen MR) is 38.5 cm³/mol. The molecule has 0 aromatic rings. The lowest BCUT2D eigenvalue weighted by atomic mass is 10.9. The van der Waals surface area contributed by atoms with Crippen molar-refractivity contribution in [1.29, 1.82) is 0 Å². The maximum Gasteiger partial charge on any atom is 0.214 e. The zero-order valence-corrected chi connectivity index (χ0v) is 8.49. The number of alkyl halides is 4. The molecule has 0 nitrogen and oxygen atoms in total. The van der Waals surface area contributed by atoms with Gasteiger partial charge in [-0.3, -0.25) is 0 Å². The molecule has 0 unspecified atom stereocenters. The van der Waals surface area contributed by atoms with E-state index in [1.807, 2.05) is 0 Å². The summed E-state index contributed by atoms with van der Waals surface area (Å²) >= 11 is 0. The van der Waals surface area contributed by atoms with Gasteiger partial charge in [-0.1, -0.05) is 12.1 Å². The molecule has 0 saturated carbocycles. The average molecular weight is 190 g/mol. The van der Waals surface area contributed by atoms with Crippen LogP contribution in [0.5, 0.6) is 0 Å². The van der Waals surface area contributed by atoms with Crippen LogP contribution in [0.3, 0.4) is 0 Å². The molecular weight excluding hydrogens is 180 g/mol. The summed E-state index contributed by atoms with van der Waals surface area (Å²) in [6.07, 6.45) is 0. The third kappa shape index (κ3) is 6.28. The van der Waals surface area contributed by atoms with Crippen molar-refractivity contribution >= 4 is 19.0 Å². The van der Waals surface area contributed by atoms with E-state index in [0.29, 0.717) is 0 Å². The molecule has 62 valence electrons. The van der Waals surface area contributed by atoms with Gasteiger partial charge < -0.3 is 0 Å². The third-order valence-electron chi connectivity index (χ3n) is 1.16. The molecule has 0 aromatic heterocycles. The van der Waals surface area contributed by atoms with Crippen LogP contribution in [0, 0.1) is 0 Å². The van der Waals surface area contributed by atoms with Crippen molar-refractivity contribution in [3.63, 3.8) is 0 Å². The second-order valence-electron chi connectivity index (χ2n) is 2.36. The number of hydrogen-bond acceptors (Lipinski definition) is 0. The number of rotatable bonds is 4. The van der Waals surface area contributed by atoms with Crippen molar-refractivity contribution in [3.8, 4) is 0 Å². The molecule has 0 radical (unpaired) electrons. The molecule has 0 saturated heterocycles. The van der Waals surface area contributed by atoms with E-state index in [2.05, 4.69) is 0 Å². The highest BCUT2D eigenvalue weighted by Crippen LogP contribution is 2.07. The number of halogens is 4. The summed E-state index contributed by atoms with van der Waals surface area (Å²) in [4.78, 5) is 0. The Morgan fingerprint density at radius 3 is 1.40 bits per heavy atom. The van der Waals surface area contributed by atoms with Gasteiger partial charge in [-0.15, -0.1) is 0 Å². The standard InChI is InChI=1S/C4H10F4Si2/c1-2(9-3(5)6)10-4(7)8/h2-4H,9-10H2,1H3. The van der Waals surface area contributed by atoms with Crippen molar-refractivity contribution in [1.82, 2.24) is 0 Å². The maximum absolute atomic E-state index is 11.6. The van der Waals surface area contributed by atoms with Gasteiger partial charge in [0.25, 0.3) is 0 Å². The average Bonchev–Trinajstić information content (AvgIpc) is 1.58. The highest BCUT2D eigenvalue weighted by Gasteiger charge is 2.16. The molecule has 0 bridgehead atoms. The van der Waals surface area contributed by atoms with Gasteiger partial charge in [-0.05, 0) is 0 Å². The molecule has 0 N–H and O–H groups in total. The summed E-state index contributed by atoms with van der Waals surface area (Å²) in [7, 11) is -3.05. The Balaban J connectivity index is 3.34. The van der Waals surface area contributed by atoms with Gasteiger partial charge in [0, 0.05) is 0 Å². The van der Waals surface area contributed by atoms with Gasteiger partial charge in [0.2, 0.25) is 12.1 Å². The molecule has 0 aliphatic heterocycles. The molecule has 0 aliphatic carbocycles. The molecule has 0 fully saturated rings. The SMILES string of the molecule is CC([SiH2]C(F)F)[SiH2]C(F)F. The van der Waals surface area contributed by atoms with Crippen LogP contribution < -0.4 is 0 Å². The first kappa shape index (κ1) is 10.2. The van der Waals surface area contributed by atoms with Crippen LogP contribution in [0.1, 0.15) is 6.92 Å². The molecule has 10 heavy (non-hydrogen) atoms. The molecular formula is C4H10F4Si2. The second kappa shape index (κ2) is 4.89. The summed E-state index contributed by atoms with van der Waals surface area (Å²) in [6, 6.07) is -4.58. The fraction of sp³-hybridized carbons (Fsp3) is 1.00. The number of hydrogen-bond donors (Lipinski definition) is 0. The normalized spacial score (nSPS) is 17.1. The first-order valence-corrected chi connectivity index (χ1v) is 6.35. The molecule has 0 rings (SSSR count). The molecule has 0 atom stereocenters. The van der Waals surface area contributed by atoms with Crippen LogP contribution in [0.2, 0.25) is 5.16 Å². The third-order valence-corrected chi connectivity index (χ3v) is 5.48. The smallest absolute Gasteiger partial charge is 0.214 e. The van der Waals surface area contributed by atoms with Gasteiger partial charge in [0.15, 0.2) is 0 Å². The predicted octanol–water partition coefficient (Wildman–Crippen LogP) is 0.535. The molecule has 6 heteroatoms. The Morgan fingerprint density at radius 1 is 0.900 bits per heavy atom. The van der Waals surface area contributed by atoms with E-state index in [1.54, 1.807) is 0 Å². The van der Waals surface area contributed by atoms with Gasteiger partial charge in [-0.25, -0.2) is 17.6 Å². The van der Waals surface area contributed by atoms with Crippen LogP contribution in [0.4, 0.5) is 17.6 Å². The van der Waals surface area contributed by atoms with Crippen LogP contribution in [0.15, 0.2) is 0 Å². The Hall–Kier alpha value is 0.154. The highest BCUT2D eigenvalue weighted by molar-refractivity contribution is 6.59. The lowest BCUT2D eigenvalue weighted by Crippen LogP contribution is -2.20. The van der Waals surface area contributed by atoms with Gasteiger partial charge in [-0.2, -0.15) is 0 Å². The summed E-state index contributed by atoms with van der Waals surface area (Å²) in [6.45, 7) is 1.52. The first-order valence-electron chi connectivity index (χ1n) is 3.08. The Morgan fingerprint density at radius 2 is 1.20 bits per heavy atom. The molecule has 0 aromatic carbocycles. The topological polar surface area (TPSA) is 0 Å². The molecule has 0 aliphatic rings. The minimum absolute atomic E-state index is 0.306. The van der Waals surface area contributed by atoms with Crippen molar-refractivity contribution in [2.24, 2.45) is 0 Å². The van der Waals surface area contributed by atoms with E-state index in [-0.39, 0.29) is 5.16 Å². The van der Waals surface area contributed by atoms with Gasteiger partial charge >= 0.3 is 0 Å². The van der Waals surface area contributed by atoms with E-state index >= 15 is 0 Å². The largest absolute Gasteiger partial charge is 0.216 e. The van der Waals surface area contributed by atoms with Crippen LogP contribution in [-0.2, 0) is 0 Å². The zero-order chi connectivity index (χ0) is 8.15. The summed E-state index contributed by atoms with van der Waals surface area (Å²) in [5, 5.41) is -0.306. The second-order valence-corrected chi connectivity index (χ2v) is 8.48. The van der Waals surface area contributed by atoms with Crippen LogP contribution >= 0.6 is 0 Å². The van der Waals surface area contributed by atoms with Gasteiger partial charge in [0.1, 0.15) is 19.0 Å². The summed E-state index contributed by atoms with van der Waals surface area (Å²) < 4.78 is 46.3. The van der Waals surface area contributed by atoms with E-state index in [9.17, 15) is 17.6 Å². The van der Waals surface area contributed by atoms with Crippen molar-refractivity contribution in [3.05, 3.63) is 0 Å². The van der Waals surface area contributed by atoms with Crippen LogP contribution in [-0.4, -0.2) is 31.1 Å². The lowest BCUT2D eigenvalue weighted by Gasteiger charge is -2.06. The highest BCUT2D eigenvalue weighted by atomic mass is 28.3. The van der Waals surface area contributed by atoms with Crippen molar-refractivity contribution < 1.29 is 17.6 Å². The van der Waals surface area contributed by atoms with Gasteiger partial charge in [0.05, 0.1) is 0 Å². The summed E-state index contributed by atoms with van der Waals surface area (Å²) in [5.74, 6) is 0. The fourth-order valence-electron chi connectivity index (χ4n) is 0.705. The van der Waals surface area contributed by atoms with E-state index < -0.39 is 31.1 Å². The Bertz CT molecular complexity index is 77.3. The van der Waals surface area contributed by atoms with E-state index in [4.69, 9.17) is 0 Å². The Kier molecular flexibility index (Phi) is 4.97. The van der Waals surface area contributed by atoms with E-state index in [0.717, 1.165) is 0 Å². The monoisotopic (exact) mass is 190 g/mol. The quantitative estimate of drug-likeness (QED) is 0.448. The molecule has 0 spiro atoms. The van der Waals surface area contributed by atoms with E-state index in [1.165, 1.54) is 6.92 Å². The summed E-state index contributed by atoms with van der Waals surface area (Å²) in [5.41, 5.74) is 0. The molecule has 0 amide bonds. The minimum atomic E-state index is -2.29. The fourth-order valence-corrected chi connectivity index (χ4v) is 4.20. The molecule has 0 heterocycles. The maximum atomic E-state index is 11.6. The van der Waals surface area contributed by atoms with Crippen molar-refractivity contribution in [2.75, 3.05) is 0 Å². The lowest BCUT2D eigenvalue weighted by molar-refractivity contribution is 0.232. The zero-order valence-electron chi connectivity index (χ0n) is 5.66. The van der Waals surface area contributed by atoms with Crippen LogP contribution in [0.25, 0.3) is 0 Å². The minimum Gasteiger partial charge on any atom is -0.216 e. The first-order chi connectivity index (χ1) is 4.52.